The highest BCUT2D eigenvalue weighted by Gasteiger charge is 2.37. The zero-order valence-corrected chi connectivity index (χ0v) is 20.7. The summed E-state index contributed by atoms with van der Waals surface area (Å²) in [6.07, 6.45) is -9.87. The van der Waals surface area contributed by atoms with Gasteiger partial charge in [-0.1, -0.05) is 63.2 Å². The van der Waals surface area contributed by atoms with Gasteiger partial charge in [-0.25, -0.2) is 0 Å². The molecule has 0 radical (unpaired) electrons. The van der Waals surface area contributed by atoms with Gasteiger partial charge in [0, 0.05) is 11.1 Å². The number of rotatable bonds is 6. The highest BCUT2D eigenvalue weighted by atomic mass is 31.1. The molecule has 0 bridgehead atoms. The Bertz CT molecular complexity index is 1310. The van der Waals surface area contributed by atoms with Crippen LogP contribution in [0.5, 0.6) is 11.5 Å². The van der Waals surface area contributed by atoms with E-state index in [1.165, 1.54) is 14.2 Å². The molecule has 0 aromatic heterocycles. The first kappa shape index (κ1) is 26.6. The van der Waals surface area contributed by atoms with Crippen LogP contribution in [-0.4, -0.2) is 14.2 Å². The second kappa shape index (κ2) is 10.5. The van der Waals surface area contributed by atoms with Gasteiger partial charge in [0.1, 0.15) is 11.5 Å². The molecule has 1 atom stereocenters. The maximum atomic E-state index is 13.6. The first-order valence-electron chi connectivity index (χ1n) is 11.0. The number of alkyl halides is 6. The molecule has 4 aromatic carbocycles. The van der Waals surface area contributed by atoms with Crippen LogP contribution in [0.25, 0.3) is 22.3 Å². The lowest BCUT2D eigenvalue weighted by Crippen LogP contribution is -2.17. The summed E-state index contributed by atoms with van der Waals surface area (Å²) in [7, 11) is 2.45. The predicted octanol–water partition coefficient (Wildman–Crippen LogP) is 7.70. The fourth-order valence-electron chi connectivity index (χ4n) is 4.04. The Morgan fingerprint density at radius 2 is 0.946 bits per heavy atom. The predicted molar refractivity (Wildman–Crippen MR) is 134 cm³/mol. The van der Waals surface area contributed by atoms with Crippen molar-refractivity contribution in [1.82, 2.24) is 0 Å². The topological polar surface area (TPSA) is 18.5 Å². The van der Waals surface area contributed by atoms with E-state index in [0.29, 0.717) is 39.1 Å². The van der Waals surface area contributed by atoms with Crippen molar-refractivity contribution in [3.05, 3.63) is 96.1 Å². The molecule has 0 saturated carbocycles. The Morgan fingerprint density at radius 3 is 1.35 bits per heavy atom. The maximum absolute atomic E-state index is 13.6. The van der Waals surface area contributed by atoms with Gasteiger partial charge in [0.2, 0.25) is 0 Å². The van der Waals surface area contributed by atoms with Crippen LogP contribution in [0.3, 0.4) is 0 Å². The molecule has 0 fully saturated rings. The van der Waals surface area contributed by atoms with Gasteiger partial charge < -0.3 is 9.47 Å². The number of hydrogen-bond donors (Lipinski definition) is 0. The Labute approximate surface area is 211 Å². The molecule has 0 N–H and O–H groups in total. The van der Waals surface area contributed by atoms with Crippen molar-refractivity contribution in [2.24, 2.45) is 0 Å². The van der Waals surface area contributed by atoms with Gasteiger partial charge in [-0.2, -0.15) is 26.3 Å². The first-order valence-corrected chi connectivity index (χ1v) is 12.0. The number of hydrogen-bond acceptors (Lipinski definition) is 2. The summed E-state index contributed by atoms with van der Waals surface area (Å²) >= 11 is 0. The second-order valence-corrected chi connectivity index (χ2v) is 9.38. The summed E-state index contributed by atoms with van der Waals surface area (Å²) in [4.78, 5) is 0. The number of benzene rings is 4. The molecular formula is C28H21F6O2P. The largest absolute Gasteiger partial charge is 0.496 e. The summed E-state index contributed by atoms with van der Waals surface area (Å²) in [6, 6.07) is 21.2. The number of para-hydroxylation sites is 2. The highest BCUT2D eigenvalue weighted by molar-refractivity contribution is 7.56. The zero-order chi connectivity index (χ0) is 26.8. The second-order valence-electron chi connectivity index (χ2n) is 8.05. The van der Waals surface area contributed by atoms with Gasteiger partial charge in [0.15, 0.2) is 0 Å². The van der Waals surface area contributed by atoms with E-state index in [0.717, 1.165) is 12.1 Å². The van der Waals surface area contributed by atoms with E-state index in [1.54, 1.807) is 66.7 Å². The van der Waals surface area contributed by atoms with Crippen LogP contribution < -0.4 is 20.1 Å². The Hall–Kier alpha value is -3.51. The van der Waals surface area contributed by atoms with Gasteiger partial charge in [-0.15, -0.1) is 0 Å². The average molecular weight is 534 g/mol. The molecule has 9 heteroatoms. The monoisotopic (exact) mass is 534 g/mol. The quantitative estimate of drug-likeness (QED) is 0.186. The third kappa shape index (κ3) is 5.75. The van der Waals surface area contributed by atoms with Crippen LogP contribution in [0.2, 0.25) is 0 Å². The molecule has 0 heterocycles. The fraction of sp³-hybridized carbons (Fsp3) is 0.143. The van der Waals surface area contributed by atoms with E-state index in [2.05, 4.69) is 0 Å². The Morgan fingerprint density at radius 1 is 0.541 bits per heavy atom. The van der Waals surface area contributed by atoms with Gasteiger partial charge in [0.05, 0.1) is 25.3 Å². The smallest absolute Gasteiger partial charge is 0.416 e. The van der Waals surface area contributed by atoms with Crippen molar-refractivity contribution < 1.29 is 35.8 Å². The SMILES string of the molecule is COc1ccccc1-c1cccc(-c2ccccc2OC)c1Pc1cc(C(F)(F)F)cc(C(F)(F)F)c1. The van der Waals surface area contributed by atoms with Crippen molar-refractivity contribution in [1.29, 1.82) is 0 Å². The minimum Gasteiger partial charge on any atom is -0.496 e. The highest BCUT2D eigenvalue weighted by Crippen LogP contribution is 2.40. The van der Waals surface area contributed by atoms with Crippen LogP contribution in [0, 0.1) is 0 Å². The minimum absolute atomic E-state index is 0.0966. The Kier molecular flexibility index (Phi) is 7.51. The van der Waals surface area contributed by atoms with Crippen LogP contribution >= 0.6 is 8.58 Å². The van der Waals surface area contributed by atoms with E-state index in [1.807, 2.05) is 0 Å². The maximum Gasteiger partial charge on any atom is 0.416 e. The molecule has 0 saturated heterocycles. The zero-order valence-electron chi connectivity index (χ0n) is 19.7. The lowest BCUT2D eigenvalue weighted by Gasteiger charge is -2.20. The third-order valence-corrected chi connectivity index (χ3v) is 7.08. The van der Waals surface area contributed by atoms with Crippen LogP contribution in [0.15, 0.2) is 84.9 Å². The van der Waals surface area contributed by atoms with Crippen molar-refractivity contribution in [2.75, 3.05) is 14.2 Å². The molecule has 37 heavy (non-hydrogen) atoms. The fourth-order valence-corrected chi connectivity index (χ4v) is 5.49. The van der Waals surface area contributed by atoms with Gasteiger partial charge >= 0.3 is 12.4 Å². The van der Waals surface area contributed by atoms with E-state index >= 15 is 0 Å². The summed E-state index contributed by atoms with van der Waals surface area (Å²) in [5.41, 5.74) is -0.119. The molecule has 1 unspecified atom stereocenters. The van der Waals surface area contributed by atoms with Gasteiger partial charge in [0.25, 0.3) is 0 Å². The van der Waals surface area contributed by atoms with Crippen LogP contribution in [0.1, 0.15) is 11.1 Å². The van der Waals surface area contributed by atoms with Crippen LogP contribution in [0.4, 0.5) is 26.3 Å². The molecule has 0 aliphatic rings. The molecule has 0 aliphatic heterocycles. The summed E-state index contributed by atoms with van der Waals surface area (Å²) in [6.45, 7) is 0. The molecule has 4 rings (SSSR count). The molecule has 4 aromatic rings. The normalized spacial score (nSPS) is 12.2. The molecular weight excluding hydrogens is 513 g/mol. The van der Waals surface area contributed by atoms with Crippen molar-refractivity contribution in [2.45, 2.75) is 12.4 Å². The van der Waals surface area contributed by atoms with E-state index in [-0.39, 0.29) is 11.4 Å². The summed E-state index contributed by atoms with van der Waals surface area (Å²) in [5, 5.41) is 0.463. The average Bonchev–Trinajstić information content (AvgIpc) is 2.87. The minimum atomic E-state index is -4.94. The lowest BCUT2D eigenvalue weighted by atomic mass is 9.97. The number of halogens is 6. The Balaban J connectivity index is 2.00. The third-order valence-electron chi connectivity index (χ3n) is 5.72. The van der Waals surface area contributed by atoms with Crippen molar-refractivity contribution >= 4 is 19.2 Å². The number of methoxy groups -OCH3 is 2. The van der Waals surface area contributed by atoms with E-state index in [9.17, 15) is 26.3 Å². The molecule has 2 nitrogen and oxygen atoms in total. The molecule has 0 aliphatic carbocycles. The van der Waals surface area contributed by atoms with Gasteiger partial charge in [-0.3, -0.25) is 0 Å². The standard InChI is InChI=1S/C28H21F6O2P/c1-35-24-12-5-3-8-20(24)22-10-7-11-23(21-9-4-6-13-25(21)36-2)26(22)37-19-15-17(27(29,30)31)14-18(16-19)28(32,33)34/h3-16,37H,1-2H3. The van der Waals surface area contributed by atoms with Crippen molar-refractivity contribution in [3.63, 3.8) is 0 Å². The molecule has 192 valence electrons. The lowest BCUT2D eigenvalue weighted by molar-refractivity contribution is -0.142. The van der Waals surface area contributed by atoms with E-state index in [4.69, 9.17) is 9.47 Å². The molecule has 0 spiro atoms. The number of ether oxygens (including phenoxy) is 2. The van der Waals surface area contributed by atoms with Crippen molar-refractivity contribution in [3.8, 4) is 33.8 Å². The summed E-state index contributed by atoms with van der Waals surface area (Å²) in [5.74, 6) is 1.04. The first-order chi connectivity index (χ1) is 17.5. The van der Waals surface area contributed by atoms with Crippen LogP contribution in [-0.2, 0) is 12.4 Å². The summed E-state index contributed by atoms with van der Waals surface area (Å²) < 4.78 is 92.4. The van der Waals surface area contributed by atoms with Gasteiger partial charge in [-0.05, 0) is 52.1 Å². The van der Waals surface area contributed by atoms with E-state index < -0.39 is 32.1 Å². The molecule has 0 amide bonds.